The molecular weight excluding hydrogens is 324 g/mol. The van der Waals surface area contributed by atoms with Crippen LogP contribution in [0.25, 0.3) is 10.1 Å². The van der Waals surface area contributed by atoms with Gasteiger partial charge in [0, 0.05) is 22.7 Å². The summed E-state index contributed by atoms with van der Waals surface area (Å²) in [6.07, 6.45) is 0.509. The third kappa shape index (κ3) is 3.46. The summed E-state index contributed by atoms with van der Waals surface area (Å²) in [4.78, 5) is 12.0. The summed E-state index contributed by atoms with van der Waals surface area (Å²) < 4.78 is 33.1. The molecule has 0 saturated carbocycles. The number of rotatable bonds is 6. The number of carbonyl (C=O) groups excluding carboxylic acids is 1. The number of nitrogens with one attached hydrogen (secondary N) is 1. The Balaban J connectivity index is 2.50. The van der Waals surface area contributed by atoms with E-state index in [0.717, 1.165) is 16.0 Å². The van der Waals surface area contributed by atoms with Gasteiger partial charge in [-0.05, 0) is 19.4 Å². The highest BCUT2D eigenvalue weighted by Gasteiger charge is 2.28. The summed E-state index contributed by atoms with van der Waals surface area (Å²) in [5, 5.41) is 0.515. The normalized spacial score (nSPS) is 13.2. The number of sulfonamides is 1. The number of methoxy groups -OCH3 is 1. The minimum absolute atomic E-state index is 0.0235. The van der Waals surface area contributed by atoms with Crippen LogP contribution in [-0.4, -0.2) is 34.1 Å². The van der Waals surface area contributed by atoms with Crippen LogP contribution in [0, 0.1) is 0 Å². The molecule has 1 aromatic heterocycles. The fourth-order valence-corrected chi connectivity index (χ4v) is 4.87. The Morgan fingerprint density at radius 1 is 1.41 bits per heavy atom. The summed E-state index contributed by atoms with van der Waals surface area (Å²) in [5.41, 5.74) is 5.62. The van der Waals surface area contributed by atoms with E-state index in [1.54, 1.807) is 31.2 Å². The number of hydrogen-bond acceptors (Lipinski definition) is 6. The van der Waals surface area contributed by atoms with Gasteiger partial charge in [-0.3, -0.25) is 0 Å². The highest BCUT2D eigenvalue weighted by atomic mass is 32.2. The Kier molecular flexibility index (Phi) is 5.17. The second kappa shape index (κ2) is 6.74. The zero-order chi connectivity index (χ0) is 16.3. The summed E-state index contributed by atoms with van der Waals surface area (Å²) in [7, 11) is -2.59. The molecule has 0 saturated heterocycles. The number of esters is 1. The van der Waals surface area contributed by atoms with E-state index in [-0.39, 0.29) is 22.4 Å². The van der Waals surface area contributed by atoms with Crippen molar-refractivity contribution in [2.24, 2.45) is 5.73 Å². The molecule has 0 bridgehead atoms. The minimum Gasteiger partial charge on any atom is -0.465 e. The fourth-order valence-electron chi connectivity index (χ4n) is 2.01. The van der Waals surface area contributed by atoms with E-state index in [2.05, 4.69) is 4.72 Å². The first-order valence-electron chi connectivity index (χ1n) is 6.72. The quantitative estimate of drug-likeness (QED) is 0.779. The average molecular weight is 342 g/mol. The highest BCUT2D eigenvalue weighted by molar-refractivity contribution is 7.90. The number of thiophene rings is 1. The minimum atomic E-state index is -3.82. The van der Waals surface area contributed by atoms with Crippen molar-refractivity contribution in [3.63, 3.8) is 0 Å². The van der Waals surface area contributed by atoms with Crippen molar-refractivity contribution in [3.05, 3.63) is 29.1 Å². The van der Waals surface area contributed by atoms with Crippen molar-refractivity contribution in [1.29, 1.82) is 0 Å². The highest BCUT2D eigenvalue weighted by Crippen LogP contribution is 2.35. The van der Waals surface area contributed by atoms with Gasteiger partial charge < -0.3 is 10.5 Å². The molecule has 8 heteroatoms. The smallest absolute Gasteiger partial charge is 0.349 e. The fraction of sp³-hybridized carbons (Fsp3) is 0.357. The van der Waals surface area contributed by atoms with Gasteiger partial charge >= 0.3 is 5.97 Å². The lowest BCUT2D eigenvalue weighted by Gasteiger charge is -2.09. The van der Waals surface area contributed by atoms with E-state index in [9.17, 15) is 13.2 Å². The van der Waals surface area contributed by atoms with E-state index in [4.69, 9.17) is 10.5 Å². The van der Waals surface area contributed by atoms with Crippen LogP contribution in [0.4, 0.5) is 0 Å². The van der Waals surface area contributed by atoms with Gasteiger partial charge in [-0.1, -0.05) is 18.2 Å². The van der Waals surface area contributed by atoms with Crippen molar-refractivity contribution >= 4 is 37.4 Å². The first-order valence-corrected chi connectivity index (χ1v) is 9.02. The largest absolute Gasteiger partial charge is 0.465 e. The standard InChI is InChI=1S/C14H18N2O4S2/c1-9(15)7-8-16-22(18,19)13-10-5-3-4-6-11(10)21-12(13)14(17)20-2/h3-6,9,16H,7-8,15H2,1-2H3. The Morgan fingerprint density at radius 2 is 2.09 bits per heavy atom. The molecule has 0 aliphatic carbocycles. The van der Waals surface area contributed by atoms with Crippen LogP contribution < -0.4 is 10.5 Å². The number of benzene rings is 1. The van der Waals surface area contributed by atoms with Gasteiger partial charge in [0.25, 0.3) is 0 Å². The van der Waals surface area contributed by atoms with E-state index in [1.165, 1.54) is 7.11 Å². The lowest BCUT2D eigenvalue weighted by Crippen LogP contribution is -2.29. The SMILES string of the molecule is COC(=O)c1sc2ccccc2c1S(=O)(=O)NCCC(C)N. The van der Waals surface area contributed by atoms with E-state index < -0.39 is 16.0 Å². The second-order valence-corrected chi connectivity index (χ2v) is 7.67. The van der Waals surface area contributed by atoms with Gasteiger partial charge in [-0.15, -0.1) is 11.3 Å². The maximum atomic E-state index is 12.6. The summed E-state index contributed by atoms with van der Waals surface area (Å²) >= 11 is 1.10. The van der Waals surface area contributed by atoms with Crippen LogP contribution in [0.1, 0.15) is 23.0 Å². The molecule has 1 heterocycles. The molecule has 1 unspecified atom stereocenters. The van der Waals surface area contributed by atoms with Gasteiger partial charge in [0.2, 0.25) is 10.0 Å². The molecule has 1 aromatic carbocycles. The Hall–Kier alpha value is -1.48. The van der Waals surface area contributed by atoms with Crippen molar-refractivity contribution in [3.8, 4) is 0 Å². The molecule has 0 amide bonds. The predicted molar refractivity (Wildman–Crippen MR) is 86.6 cm³/mol. The van der Waals surface area contributed by atoms with Crippen LogP contribution in [0.3, 0.4) is 0 Å². The van der Waals surface area contributed by atoms with Crippen LogP contribution in [0.5, 0.6) is 0 Å². The molecule has 0 radical (unpaired) electrons. The number of hydrogen-bond donors (Lipinski definition) is 2. The first kappa shape index (κ1) is 16.9. The predicted octanol–water partition coefficient (Wildman–Crippen LogP) is 1.70. The third-order valence-corrected chi connectivity index (χ3v) is 5.91. The lowest BCUT2D eigenvalue weighted by molar-refractivity contribution is 0.0602. The number of carbonyl (C=O) groups is 1. The topological polar surface area (TPSA) is 98.5 Å². The lowest BCUT2D eigenvalue weighted by atomic mass is 10.2. The molecule has 2 aromatic rings. The zero-order valence-electron chi connectivity index (χ0n) is 12.3. The first-order chi connectivity index (χ1) is 10.4. The van der Waals surface area contributed by atoms with Crippen LogP contribution in [0.2, 0.25) is 0 Å². The Morgan fingerprint density at radius 3 is 2.73 bits per heavy atom. The van der Waals surface area contributed by atoms with E-state index in [0.29, 0.717) is 11.8 Å². The Labute approximate surface area is 133 Å². The van der Waals surface area contributed by atoms with Gasteiger partial charge in [0.05, 0.1) is 7.11 Å². The maximum absolute atomic E-state index is 12.6. The van der Waals surface area contributed by atoms with Gasteiger partial charge in [0.1, 0.15) is 9.77 Å². The molecule has 1 atom stereocenters. The summed E-state index contributed by atoms with van der Waals surface area (Å²) in [6, 6.07) is 6.87. The number of nitrogens with two attached hydrogens (primary N) is 1. The second-order valence-electron chi connectivity index (χ2n) is 4.91. The van der Waals surface area contributed by atoms with Gasteiger partial charge in [-0.2, -0.15) is 0 Å². The molecule has 2 rings (SSSR count). The zero-order valence-corrected chi connectivity index (χ0v) is 14.0. The molecule has 120 valence electrons. The van der Waals surface area contributed by atoms with Crippen LogP contribution in [0.15, 0.2) is 29.2 Å². The molecule has 0 spiro atoms. The molecule has 0 fully saturated rings. The van der Waals surface area contributed by atoms with Crippen LogP contribution in [-0.2, 0) is 14.8 Å². The average Bonchev–Trinajstić information content (AvgIpc) is 2.85. The maximum Gasteiger partial charge on any atom is 0.349 e. The third-order valence-electron chi connectivity index (χ3n) is 3.08. The van der Waals surface area contributed by atoms with Crippen molar-refractivity contribution in [2.75, 3.05) is 13.7 Å². The van der Waals surface area contributed by atoms with Crippen molar-refractivity contribution in [2.45, 2.75) is 24.3 Å². The Bertz CT molecular complexity index is 781. The monoisotopic (exact) mass is 342 g/mol. The van der Waals surface area contributed by atoms with Gasteiger partial charge in [0.15, 0.2) is 0 Å². The molecule has 22 heavy (non-hydrogen) atoms. The molecule has 3 N–H and O–H groups in total. The summed E-state index contributed by atoms with van der Waals surface area (Å²) in [5.74, 6) is -0.659. The molecule has 0 aliphatic rings. The molecular formula is C14H18N2O4S2. The number of fused-ring (bicyclic) bond motifs is 1. The van der Waals surface area contributed by atoms with Crippen molar-refractivity contribution < 1.29 is 17.9 Å². The molecule has 0 aliphatic heterocycles. The molecule has 6 nitrogen and oxygen atoms in total. The van der Waals surface area contributed by atoms with Crippen molar-refractivity contribution in [1.82, 2.24) is 4.72 Å². The number of ether oxygens (including phenoxy) is 1. The van der Waals surface area contributed by atoms with E-state index >= 15 is 0 Å². The van der Waals surface area contributed by atoms with Gasteiger partial charge in [-0.25, -0.2) is 17.9 Å². The van der Waals surface area contributed by atoms with E-state index in [1.807, 2.05) is 0 Å². The van der Waals surface area contributed by atoms with Crippen LogP contribution >= 0.6 is 11.3 Å². The summed E-state index contributed by atoms with van der Waals surface area (Å²) in [6.45, 7) is 2.01.